The van der Waals surface area contributed by atoms with Crippen molar-refractivity contribution in [2.45, 2.75) is 167 Å². The first-order valence-electron chi connectivity index (χ1n) is 16.4. The van der Waals surface area contributed by atoms with Gasteiger partial charge in [0.25, 0.3) is 0 Å². The van der Waals surface area contributed by atoms with Crippen molar-refractivity contribution < 1.29 is 0 Å². The highest BCUT2D eigenvalue weighted by molar-refractivity contribution is 4.82. The van der Waals surface area contributed by atoms with E-state index in [1.165, 1.54) is 96.3 Å². The van der Waals surface area contributed by atoms with Crippen molar-refractivity contribution >= 4 is 0 Å². The summed E-state index contributed by atoms with van der Waals surface area (Å²) in [5.74, 6) is 6.44. The van der Waals surface area contributed by atoms with Crippen LogP contribution in [0.1, 0.15) is 167 Å². The molecule has 3 aliphatic rings. The molecule has 0 amide bonds. The lowest BCUT2D eigenvalue weighted by atomic mass is 9.68. The first-order chi connectivity index (χ1) is 16.8. The Kier molecular flexibility index (Phi) is 14.4. The molecule has 0 aromatic rings. The Morgan fingerprint density at radius 1 is 0.471 bits per heavy atom. The monoisotopic (exact) mass is 470 g/mol. The summed E-state index contributed by atoms with van der Waals surface area (Å²) in [7, 11) is 0. The summed E-state index contributed by atoms with van der Waals surface area (Å²) < 4.78 is 0. The fourth-order valence-electron chi connectivity index (χ4n) is 8.14. The highest BCUT2D eigenvalue weighted by Crippen LogP contribution is 2.43. The van der Waals surface area contributed by atoms with Crippen molar-refractivity contribution in [3.63, 3.8) is 0 Å². The van der Waals surface area contributed by atoms with E-state index in [1.54, 1.807) is 64.2 Å². The van der Waals surface area contributed by atoms with Gasteiger partial charge in [-0.1, -0.05) is 135 Å². The normalized spacial score (nSPS) is 32.5. The molecule has 3 rings (SSSR count). The van der Waals surface area contributed by atoms with Crippen molar-refractivity contribution in [1.29, 1.82) is 0 Å². The molecule has 0 N–H and O–H groups in total. The highest BCUT2D eigenvalue weighted by atomic mass is 14.4. The maximum absolute atomic E-state index is 3.90. The van der Waals surface area contributed by atoms with Crippen LogP contribution in [0.5, 0.6) is 0 Å². The number of allylic oxidation sites excluding steroid dienone is 1. The Bertz CT molecular complexity index is 482. The molecule has 0 heteroatoms. The topological polar surface area (TPSA) is 0 Å². The van der Waals surface area contributed by atoms with Gasteiger partial charge in [0, 0.05) is 0 Å². The molecule has 3 saturated carbocycles. The first-order valence-corrected chi connectivity index (χ1v) is 16.4. The molecule has 0 aliphatic heterocycles. The van der Waals surface area contributed by atoms with Crippen molar-refractivity contribution in [2.24, 2.45) is 35.5 Å². The van der Waals surface area contributed by atoms with E-state index in [0.717, 1.165) is 35.5 Å². The second-order valence-electron chi connectivity index (χ2n) is 13.2. The maximum atomic E-state index is 3.90. The van der Waals surface area contributed by atoms with Crippen molar-refractivity contribution in [2.75, 3.05) is 0 Å². The summed E-state index contributed by atoms with van der Waals surface area (Å²) in [5.41, 5.74) is 0. The minimum absolute atomic E-state index is 1.01. The molecule has 0 radical (unpaired) electrons. The molecule has 198 valence electrons. The molecule has 0 aromatic carbocycles. The van der Waals surface area contributed by atoms with Gasteiger partial charge >= 0.3 is 0 Å². The summed E-state index contributed by atoms with van der Waals surface area (Å²) in [6.45, 7) is 6.22. The lowest BCUT2D eigenvalue weighted by Gasteiger charge is -2.38. The van der Waals surface area contributed by atoms with Gasteiger partial charge < -0.3 is 0 Å². The molecule has 0 aromatic heterocycles. The van der Waals surface area contributed by atoms with Crippen LogP contribution in [0.25, 0.3) is 0 Å². The van der Waals surface area contributed by atoms with Crippen LogP contribution in [-0.4, -0.2) is 0 Å². The van der Waals surface area contributed by atoms with Crippen LogP contribution < -0.4 is 0 Å². The Labute approximate surface area is 215 Å². The van der Waals surface area contributed by atoms with Crippen molar-refractivity contribution in [1.82, 2.24) is 0 Å². The van der Waals surface area contributed by atoms with E-state index in [2.05, 4.69) is 19.6 Å². The van der Waals surface area contributed by atoms with Crippen LogP contribution in [0, 0.1) is 35.5 Å². The molecule has 3 aliphatic carbocycles. The van der Waals surface area contributed by atoms with Gasteiger partial charge in [-0.05, 0) is 74.0 Å². The third kappa shape index (κ3) is 10.8. The predicted octanol–water partition coefficient (Wildman–Crippen LogP) is 11.7. The molecule has 0 saturated heterocycles. The number of hydrogen-bond acceptors (Lipinski definition) is 0. The first kappa shape index (κ1) is 28.3. The molecule has 0 unspecified atom stereocenters. The quantitative estimate of drug-likeness (QED) is 0.155. The zero-order valence-corrected chi connectivity index (χ0v) is 23.4. The lowest BCUT2D eigenvalue weighted by Crippen LogP contribution is -2.26. The van der Waals surface area contributed by atoms with Crippen LogP contribution in [0.4, 0.5) is 0 Å². The van der Waals surface area contributed by atoms with Gasteiger partial charge in [0.1, 0.15) is 0 Å². The zero-order valence-electron chi connectivity index (χ0n) is 23.4. The van der Waals surface area contributed by atoms with Crippen molar-refractivity contribution in [3.8, 4) is 0 Å². The number of unbranched alkanes of at least 4 members (excludes halogenated alkanes) is 6. The Morgan fingerprint density at radius 2 is 0.824 bits per heavy atom. The SMILES string of the molecule is C=CCC[C@H]1CC[C@H](CCCC[C@H]2CC[C@H]([C@H]3CC[C@H](CCCCCCCC)CC3)CC2)CC1. The van der Waals surface area contributed by atoms with E-state index < -0.39 is 0 Å². The molecular formula is C34H62. The maximum Gasteiger partial charge on any atom is -0.0351 e. The Hall–Kier alpha value is -0.260. The molecule has 0 nitrogen and oxygen atoms in total. The van der Waals surface area contributed by atoms with Gasteiger partial charge in [-0.25, -0.2) is 0 Å². The van der Waals surface area contributed by atoms with Gasteiger partial charge in [-0.3, -0.25) is 0 Å². The molecule has 34 heavy (non-hydrogen) atoms. The van der Waals surface area contributed by atoms with Crippen LogP contribution in [0.2, 0.25) is 0 Å². The summed E-state index contributed by atoms with van der Waals surface area (Å²) >= 11 is 0. The molecule has 0 atom stereocenters. The average molecular weight is 471 g/mol. The summed E-state index contributed by atoms with van der Waals surface area (Å²) in [5, 5.41) is 0. The minimum atomic E-state index is 1.01. The van der Waals surface area contributed by atoms with Gasteiger partial charge in [-0.15, -0.1) is 6.58 Å². The third-order valence-electron chi connectivity index (χ3n) is 10.6. The van der Waals surface area contributed by atoms with E-state index in [9.17, 15) is 0 Å². The predicted molar refractivity (Wildman–Crippen MR) is 152 cm³/mol. The van der Waals surface area contributed by atoms with E-state index in [1.807, 2.05) is 0 Å². The van der Waals surface area contributed by atoms with E-state index in [4.69, 9.17) is 0 Å². The van der Waals surface area contributed by atoms with Gasteiger partial charge in [0.2, 0.25) is 0 Å². The van der Waals surface area contributed by atoms with Crippen LogP contribution in [0.3, 0.4) is 0 Å². The van der Waals surface area contributed by atoms with E-state index in [0.29, 0.717) is 0 Å². The smallest absolute Gasteiger partial charge is 0.0351 e. The standard InChI is InChI=1S/C34H62/c1-3-5-7-8-9-10-14-31-21-25-33(26-22-31)34-27-23-32(24-28-34)16-12-11-15-30-19-17-29(18-20-30)13-6-4-2/h4,29-34H,2-3,5-28H2,1H3/t29-,30-,31-,32-,33-,34-. The number of hydrogen-bond donors (Lipinski definition) is 0. The molecule has 0 heterocycles. The largest absolute Gasteiger partial charge is 0.103 e. The van der Waals surface area contributed by atoms with Crippen LogP contribution in [-0.2, 0) is 0 Å². The van der Waals surface area contributed by atoms with Crippen LogP contribution >= 0.6 is 0 Å². The second kappa shape index (κ2) is 17.2. The highest BCUT2D eigenvalue weighted by Gasteiger charge is 2.30. The second-order valence-corrected chi connectivity index (χ2v) is 13.2. The van der Waals surface area contributed by atoms with Crippen LogP contribution in [0.15, 0.2) is 12.7 Å². The summed E-state index contributed by atoms with van der Waals surface area (Å²) in [6.07, 6.45) is 39.8. The molecular weight excluding hydrogens is 408 g/mol. The van der Waals surface area contributed by atoms with E-state index >= 15 is 0 Å². The fraction of sp³-hybridized carbons (Fsp3) is 0.941. The summed E-state index contributed by atoms with van der Waals surface area (Å²) in [6, 6.07) is 0. The van der Waals surface area contributed by atoms with Gasteiger partial charge in [-0.2, -0.15) is 0 Å². The molecule has 0 bridgehead atoms. The lowest BCUT2D eigenvalue weighted by molar-refractivity contribution is 0.139. The molecule has 0 spiro atoms. The van der Waals surface area contributed by atoms with Gasteiger partial charge in [0.05, 0.1) is 0 Å². The summed E-state index contributed by atoms with van der Waals surface area (Å²) in [4.78, 5) is 0. The van der Waals surface area contributed by atoms with Gasteiger partial charge in [0.15, 0.2) is 0 Å². The average Bonchev–Trinajstić information content (AvgIpc) is 2.89. The fourth-order valence-corrected chi connectivity index (χ4v) is 8.14. The van der Waals surface area contributed by atoms with Crippen molar-refractivity contribution in [3.05, 3.63) is 12.7 Å². The Morgan fingerprint density at radius 3 is 1.26 bits per heavy atom. The minimum Gasteiger partial charge on any atom is -0.103 e. The zero-order chi connectivity index (χ0) is 23.8. The third-order valence-corrected chi connectivity index (χ3v) is 10.6. The Balaban J connectivity index is 1.16. The number of rotatable bonds is 16. The van der Waals surface area contributed by atoms with E-state index in [-0.39, 0.29) is 0 Å². The molecule has 3 fully saturated rings.